The Kier molecular flexibility index (Phi) is 9.15. The summed E-state index contributed by atoms with van der Waals surface area (Å²) in [7, 11) is 0. The number of hydrazone groups is 1. The Labute approximate surface area is 182 Å². The lowest BCUT2D eigenvalue weighted by molar-refractivity contribution is -0.128. The normalized spacial score (nSPS) is 15.5. The van der Waals surface area contributed by atoms with Crippen molar-refractivity contribution in [3.8, 4) is 0 Å². The van der Waals surface area contributed by atoms with E-state index >= 15 is 0 Å². The van der Waals surface area contributed by atoms with E-state index in [1.54, 1.807) is 30.7 Å². The molecule has 2 heterocycles. The number of aromatic nitrogens is 1. The van der Waals surface area contributed by atoms with E-state index in [2.05, 4.69) is 25.7 Å². The molecule has 1 aliphatic heterocycles. The van der Waals surface area contributed by atoms with Crippen molar-refractivity contribution in [1.82, 2.24) is 20.6 Å². The SMILES string of the molecule is O=C(NCCCC[C@@H](C(=O)N/N=C/c1cccnc1)N1CCOCC1)c1ccccc1. The van der Waals surface area contributed by atoms with Gasteiger partial charge in [0.2, 0.25) is 0 Å². The van der Waals surface area contributed by atoms with Crippen LogP contribution in [0.2, 0.25) is 0 Å². The fourth-order valence-corrected chi connectivity index (χ4v) is 3.42. The van der Waals surface area contributed by atoms with Crippen LogP contribution in [-0.4, -0.2) is 66.8 Å². The van der Waals surface area contributed by atoms with Gasteiger partial charge in [-0.1, -0.05) is 24.3 Å². The van der Waals surface area contributed by atoms with Gasteiger partial charge in [-0.25, -0.2) is 5.43 Å². The highest BCUT2D eigenvalue weighted by atomic mass is 16.5. The molecule has 1 atom stereocenters. The number of pyridine rings is 1. The summed E-state index contributed by atoms with van der Waals surface area (Å²) in [6.45, 7) is 3.25. The van der Waals surface area contributed by atoms with Gasteiger partial charge in [0.15, 0.2) is 0 Å². The smallest absolute Gasteiger partial charge is 0.257 e. The van der Waals surface area contributed by atoms with E-state index in [1.807, 2.05) is 30.3 Å². The highest BCUT2D eigenvalue weighted by Crippen LogP contribution is 2.12. The Balaban J connectivity index is 1.46. The molecule has 3 rings (SSSR count). The molecule has 8 nitrogen and oxygen atoms in total. The average Bonchev–Trinajstić information content (AvgIpc) is 2.83. The minimum Gasteiger partial charge on any atom is -0.379 e. The average molecular weight is 424 g/mol. The molecule has 1 aliphatic rings. The first-order valence-corrected chi connectivity index (χ1v) is 10.6. The quantitative estimate of drug-likeness (QED) is 0.345. The minimum absolute atomic E-state index is 0.0761. The van der Waals surface area contributed by atoms with Crippen LogP contribution in [0.15, 0.2) is 60.0 Å². The number of benzene rings is 1. The first kappa shape index (κ1) is 22.6. The third-order valence-electron chi connectivity index (χ3n) is 5.09. The predicted octanol–water partition coefficient (Wildman–Crippen LogP) is 1.83. The van der Waals surface area contributed by atoms with Crippen LogP contribution < -0.4 is 10.7 Å². The van der Waals surface area contributed by atoms with Crippen molar-refractivity contribution in [3.05, 3.63) is 66.0 Å². The summed E-state index contributed by atoms with van der Waals surface area (Å²) in [5.41, 5.74) is 4.13. The number of hydrogen-bond acceptors (Lipinski definition) is 6. The Morgan fingerprint density at radius 2 is 1.94 bits per heavy atom. The van der Waals surface area contributed by atoms with Crippen molar-refractivity contribution in [2.24, 2.45) is 5.10 Å². The van der Waals surface area contributed by atoms with Gasteiger partial charge in [-0.2, -0.15) is 5.10 Å². The van der Waals surface area contributed by atoms with Crippen LogP contribution >= 0.6 is 0 Å². The Bertz CT molecular complexity index is 839. The minimum atomic E-state index is -0.278. The molecule has 2 aromatic rings. The Hall–Kier alpha value is -3.10. The van der Waals surface area contributed by atoms with Crippen molar-refractivity contribution in [2.45, 2.75) is 25.3 Å². The second kappa shape index (κ2) is 12.6. The molecular formula is C23H29N5O3. The number of amides is 2. The lowest BCUT2D eigenvalue weighted by Crippen LogP contribution is -2.50. The number of rotatable bonds is 10. The van der Waals surface area contributed by atoms with Crippen LogP contribution in [0.25, 0.3) is 0 Å². The molecule has 1 aromatic carbocycles. The molecule has 0 spiro atoms. The monoisotopic (exact) mass is 423 g/mol. The molecule has 0 saturated carbocycles. The lowest BCUT2D eigenvalue weighted by Gasteiger charge is -2.33. The van der Waals surface area contributed by atoms with Crippen molar-refractivity contribution >= 4 is 18.0 Å². The molecule has 0 bridgehead atoms. The summed E-state index contributed by atoms with van der Waals surface area (Å²) >= 11 is 0. The highest BCUT2D eigenvalue weighted by molar-refractivity contribution is 5.94. The Morgan fingerprint density at radius 1 is 1.13 bits per heavy atom. The first-order valence-electron chi connectivity index (χ1n) is 10.6. The van der Waals surface area contributed by atoms with E-state index in [1.165, 1.54) is 0 Å². The van der Waals surface area contributed by atoms with Crippen LogP contribution in [0.3, 0.4) is 0 Å². The third kappa shape index (κ3) is 7.58. The summed E-state index contributed by atoms with van der Waals surface area (Å²) < 4.78 is 5.42. The zero-order valence-corrected chi connectivity index (χ0v) is 17.6. The van der Waals surface area contributed by atoms with Crippen molar-refractivity contribution in [2.75, 3.05) is 32.8 Å². The van der Waals surface area contributed by atoms with E-state index in [4.69, 9.17) is 4.74 Å². The summed E-state index contributed by atoms with van der Waals surface area (Å²) in [4.78, 5) is 31.1. The molecule has 164 valence electrons. The fraction of sp³-hybridized carbons (Fsp3) is 0.391. The van der Waals surface area contributed by atoms with Crippen LogP contribution in [-0.2, 0) is 9.53 Å². The largest absolute Gasteiger partial charge is 0.379 e. The van der Waals surface area contributed by atoms with Crippen LogP contribution in [0.1, 0.15) is 35.2 Å². The maximum absolute atomic E-state index is 12.8. The molecule has 2 N–H and O–H groups in total. The molecule has 0 aliphatic carbocycles. The van der Waals surface area contributed by atoms with Gasteiger partial charge in [-0.05, 0) is 37.5 Å². The van der Waals surface area contributed by atoms with Crippen molar-refractivity contribution in [3.63, 3.8) is 0 Å². The first-order chi connectivity index (χ1) is 15.2. The van der Waals surface area contributed by atoms with Gasteiger partial charge in [0.05, 0.1) is 25.5 Å². The number of carbonyl (C=O) groups is 2. The van der Waals surface area contributed by atoms with Gasteiger partial charge in [-0.15, -0.1) is 0 Å². The van der Waals surface area contributed by atoms with Gasteiger partial charge >= 0.3 is 0 Å². The number of unbranched alkanes of at least 4 members (excludes halogenated alkanes) is 1. The molecule has 31 heavy (non-hydrogen) atoms. The number of nitrogens with zero attached hydrogens (tertiary/aromatic N) is 3. The van der Waals surface area contributed by atoms with Gasteiger partial charge in [0.1, 0.15) is 0 Å². The number of nitrogens with one attached hydrogen (secondary N) is 2. The molecule has 1 fully saturated rings. The highest BCUT2D eigenvalue weighted by Gasteiger charge is 2.26. The summed E-state index contributed by atoms with van der Waals surface area (Å²) in [5.74, 6) is -0.205. The molecule has 1 saturated heterocycles. The molecule has 1 aromatic heterocycles. The zero-order chi connectivity index (χ0) is 21.7. The summed E-state index contributed by atoms with van der Waals surface area (Å²) in [6.07, 6.45) is 7.25. The second-order valence-corrected chi connectivity index (χ2v) is 7.30. The van der Waals surface area contributed by atoms with Gasteiger partial charge in [0.25, 0.3) is 11.8 Å². The second-order valence-electron chi connectivity index (χ2n) is 7.30. The maximum Gasteiger partial charge on any atom is 0.257 e. The van der Waals surface area contributed by atoms with E-state index in [0.29, 0.717) is 31.7 Å². The predicted molar refractivity (Wildman–Crippen MR) is 119 cm³/mol. The van der Waals surface area contributed by atoms with Crippen LogP contribution in [0.5, 0.6) is 0 Å². The van der Waals surface area contributed by atoms with E-state index < -0.39 is 0 Å². The lowest BCUT2D eigenvalue weighted by atomic mass is 10.1. The number of ether oxygens (including phenoxy) is 1. The molecule has 8 heteroatoms. The van der Waals surface area contributed by atoms with E-state index in [-0.39, 0.29) is 17.9 Å². The zero-order valence-electron chi connectivity index (χ0n) is 17.6. The summed E-state index contributed by atoms with van der Waals surface area (Å²) in [5, 5.41) is 7.01. The van der Waals surface area contributed by atoms with Crippen LogP contribution in [0, 0.1) is 0 Å². The van der Waals surface area contributed by atoms with Gasteiger partial charge in [0, 0.05) is 43.2 Å². The Morgan fingerprint density at radius 3 is 2.68 bits per heavy atom. The number of hydrogen-bond donors (Lipinski definition) is 2. The van der Waals surface area contributed by atoms with Crippen molar-refractivity contribution < 1.29 is 14.3 Å². The van der Waals surface area contributed by atoms with Gasteiger partial charge < -0.3 is 10.1 Å². The molecule has 0 radical (unpaired) electrons. The topological polar surface area (TPSA) is 95.9 Å². The summed E-state index contributed by atoms with van der Waals surface area (Å²) in [6, 6.07) is 12.6. The molecule has 0 unspecified atom stereocenters. The van der Waals surface area contributed by atoms with E-state index in [0.717, 1.165) is 31.5 Å². The number of morpholine rings is 1. The molecular weight excluding hydrogens is 394 g/mol. The standard InChI is InChI=1S/C23H29N5O3/c29-22(20-8-2-1-3-9-20)25-12-5-4-10-21(28-13-15-31-16-14-28)23(30)27-26-18-19-7-6-11-24-17-19/h1-3,6-9,11,17-18,21H,4-5,10,12-16H2,(H,25,29)(H,27,30)/b26-18+/t21-/m0/s1. The van der Waals surface area contributed by atoms with Crippen molar-refractivity contribution in [1.29, 1.82) is 0 Å². The van der Waals surface area contributed by atoms with Crippen LogP contribution in [0.4, 0.5) is 0 Å². The molecule has 2 amide bonds. The van der Waals surface area contributed by atoms with Gasteiger partial charge in [-0.3, -0.25) is 19.5 Å². The third-order valence-corrected chi connectivity index (χ3v) is 5.09. The fourth-order valence-electron chi connectivity index (χ4n) is 3.42. The van der Waals surface area contributed by atoms with E-state index in [9.17, 15) is 9.59 Å². The number of carbonyl (C=O) groups excluding carboxylic acids is 2. The maximum atomic E-state index is 12.8.